The number of hydrazine groups is 1. The van der Waals surface area contributed by atoms with Crippen LogP contribution in [0.1, 0.15) is 83.4 Å². The van der Waals surface area contributed by atoms with Crippen LogP contribution in [-0.4, -0.2) is 108 Å². The lowest BCUT2D eigenvalue weighted by Gasteiger charge is -2.37. The zero-order chi connectivity index (χ0) is 50.4. The molecule has 1 aliphatic carbocycles. The van der Waals surface area contributed by atoms with Crippen molar-refractivity contribution < 1.29 is 33.4 Å². The first-order valence-electron chi connectivity index (χ1n) is 25.0. The predicted octanol–water partition coefficient (Wildman–Crippen LogP) is 8.35. The Morgan fingerprint density at radius 1 is 1.03 bits per heavy atom. The van der Waals surface area contributed by atoms with Gasteiger partial charge in [0, 0.05) is 73.9 Å². The van der Waals surface area contributed by atoms with Gasteiger partial charge in [0.15, 0.2) is 0 Å². The fourth-order valence-electron chi connectivity index (χ4n) is 10.6. The summed E-state index contributed by atoms with van der Waals surface area (Å²) in [7, 11) is 4.97. The summed E-state index contributed by atoms with van der Waals surface area (Å²) in [5, 5.41) is 5.65. The van der Waals surface area contributed by atoms with Crippen LogP contribution in [0.25, 0.3) is 33.3 Å². The second kappa shape index (κ2) is 22.2. The summed E-state index contributed by atoms with van der Waals surface area (Å²) in [6.45, 7) is 11.8. The zero-order valence-electron chi connectivity index (χ0n) is 42.4. The maximum absolute atomic E-state index is 14.8. The van der Waals surface area contributed by atoms with Crippen LogP contribution in [-0.2, 0) is 54.6 Å². The molecule has 2 aromatic heterocycles. The van der Waals surface area contributed by atoms with E-state index in [4.69, 9.17) is 14.2 Å². The number of aliphatic imine (C=N–C) groups is 2. The number of hydrogen-bond acceptors (Lipinski definition) is 11. The van der Waals surface area contributed by atoms with Gasteiger partial charge in [-0.1, -0.05) is 58.0 Å². The maximum Gasteiger partial charge on any atom is 0.324 e. The molecule has 3 amide bonds. The van der Waals surface area contributed by atoms with Crippen molar-refractivity contribution >= 4 is 46.3 Å². The van der Waals surface area contributed by atoms with Gasteiger partial charge in [0.25, 0.3) is 5.91 Å². The van der Waals surface area contributed by atoms with Crippen LogP contribution < -0.4 is 15.5 Å². The van der Waals surface area contributed by atoms with Gasteiger partial charge in [0.05, 0.1) is 43.8 Å². The average Bonchev–Trinajstić information content (AvgIpc) is 3.97. The minimum Gasteiger partial charge on any atom is -0.497 e. The Kier molecular flexibility index (Phi) is 15.8. The van der Waals surface area contributed by atoms with Gasteiger partial charge < -0.3 is 29.0 Å². The number of amides is 3. The number of esters is 1. The van der Waals surface area contributed by atoms with Crippen LogP contribution in [0.15, 0.2) is 95.2 Å². The molecule has 6 bridgehead atoms. The number of hydrogen-bond donors (Lipinski definition) is 2. The average molecular weight is 965 g/mol. The Bertz CT molecular complexity index is 2810. The molecule has 0 spiro atoms. The number of aromatic nitrogens is 2. The number of rotatable bonds is 12. The Hall–Kier alpha value is -6.67. The van der Waals surface area contributed by atoms with Gasteiger partial charge >= 0.3 is 5.97 Å². The van der Waals surface area contributed by atoms with Crippen LogP contribution in [0.3, 0.4) is 0 Å². The molecule has 8 rings (SSSR count). The number of nitrogens with one attached hydrogen (secondary N) is 2. The lowest BCUT2D eigenvalue weighted by Crippen LogP contribution is -2.62. The van der Waals surface area contributed by atoms with Gasteiger partial charge in [-0.2, -0.15) is 4.99 Å². The molecule has 5 aromatic rings. The summed E-state index contributed by atoms with van der Waals surface area (Å²) in [6, 6.07) is 23.9. The number of methoxy groups -OCH3 is 2. The standard InChI is InChI=1S/C56H68N8O7/c1-9-63-49-22-16-38-29-44(49)45(51(63)46-31-57-24-23-40(46)32-69-7)30-56(4,5)33-71-55(68)47-14-11-25-64(61-47)54(67)48(27-36-12-10-13-37(38)26-36)60-52(65)50(35(2)3)62(6)53(66)39-15-17-42(28-39)59-34-58-41-18-20-43(70-8)21-19-41/h10,12-13,16,18-24,26,29,31,35,39,42,47-48,50,61H,9,11,14-15,17,25,27-28,30,32-33H2,1-8H3,(H,60,65)/t39-,42?,47+,48+,50?/m1/s1. The van der Waals surface area contributed by atoms with Crippen LogP contribution in [0.5, 0.6) is 5.75 Å². The first-order chi connectivity index (χ1) is 34.2. The number of cyclic esters (lactones) is 1. The van der Waals surface area contributed by atoms with Gasteiger partial charge in [-0.25, -0.2) is 10.4 Å². The second-order valence-corrected chi connectivity index (χ2v) is 20.3. The summed E-state index contributed by atoms with van der Waals surface area (Å²) in [5.41, 5.74) is 11.4. The van der Waals surface area contributed by atoms with Crippen molar-refractivity contribution in [1.29, 1.82) is 0 Å². The van der Waals surface area contributed by atoms with Gasteiger partial charge in [-0.3, -0.25) is 29.2 Å². The van der Waals surface area contributed by atoms with E-state index in [0.717, 1.165) is 55.7 Å². The van der Waals surface area contributed by atoms with Crippen molar-refractivity contribution in [3.05, 3.63) is 102 Å². The Balaban J connectivity index is 1.10. The fraction of sp³-hybridized carbons (Fsp3) is 0.464. The Morgan fingerprint density at radius 2 is 1.82 bits per heavy atom. The summed E-state index contributed by atoms with van der Waals surface area (Å²) < 4.78 is 19.4. The van der Waals surface area contributed by atoms with E-state index >= 15 is 0 Å². The molecule has 2 fully saturated rings. The van der Waals surface area contributed by atoms with Crippen LogP contribution in [0.4, 0.5) is 5.69 Å². The van der Waals surface area contributed by atoms with Gasteiger partial charge in [0.2, 0.25) is 11.8 Å². The number of fused-ring (bicyclic) bond motifs is 6. The van der Waals surface area contributed by atoms with E-state index in [1.807, 2.05) is 62.5 Å². The van der Waals surface area contributed by atoms with Crippen molar-refractivity contribution in [2.75, 3.05) is 34.4 Å². The van der Waals surface area contributed by atoms with Crippen LogP contribution in [0.2, 0.25) is 0 Å². The van der Waals surface area contributed by atoms with Crippen molar-refractivity contribution in [2.45, 2.75) is 117 Å². The van der Waals surface area contributed by atoms with Crippen LogP contribution >= 0.6 is 0 Å². The molecular weight excluding hydrogens is 897 g/mol. The highest BCUT2D eigenvalue weighted by atomic mass is 16.5. The quantitative estimate of drug-likeness (QED) is 0.0922. The molecule has 71 heavy (non-hydrogen) atoms. The zero-order valence-corrected chi connectivity index (χ0v) is 42.4. The maximum atomic E-state index is 14.8. The number of aryl methyl sites for hydroxylation is 1. The fourth-order valence-corrected chi connectivity index (χ4v) is 10.6. The smallest absolute Gasteiger partial charge is 0.324 e. The third-order valence-corrected chi connectivity index (χ3v) is 14.2. The first-order valence-corrected chi connectivity index (χ1v) is 25.0. The summed E-state index contributed by atoms with van der Waals surface area (Å²) in [5.74, 6) is -1.29. The SMILES string of the molecule is CCn1c(-c2cnccc2COC)c2c3cc(ccc31)-c1cccc(c1)C[C@H](NC(=O)C(C(C)C)N(C)C(=O)[C@@H]1CCC(N=C=Nc3ccc(OC)cc3)C1)C(=O)N1CCC[C@H](N1)C(=O)OCC(C)(C)C2. The molecule has 15 nitrogen and oxygen atoms in total. The normalized spacial score (nSPS) is 20.7. The number of nitrogens with zero attached hydrogens (tertiary/aromatic N) is 6. The highest BCUT2D eigenvalue weighted by Gasteiger charge is 2.40. The van der Waals surface area contributed by atoms with E-state index in [1.54, 1.807) is 27.5 Å². The highest BCUT2D eigenvalue weighted by Crippen LogP contribution is 2.41. The number of likely N-dealkylation sites (N-methyl/N-ethyl adjacent to an activating group) is 1. The van der Waals surface area contributed by atoms with E-state index in [0.29, 0.717) is 63.9 Å². The van der Waals surface area contributed by atoms with Crippen molar-refractivity contribution in [3.63, 3.8) is 0 Å². The molecule has 0 radical (unpaired) electrons. The molecular formula is C56H68N8O7. The molecule has 15 heteroatoms. The summed E-state index contributed by atoms with van der Waals surface area (Å²) in [4.78, 5) is 72.6. The Labute approximate surface area is 417 Å². The van der Waals surface area contributed by atoms with Gasteiger partial charge in [0.1, 0.15) is 23.9 Å². The molecule has 3 aliphatic rings. The third-order valence-electron chi connectivity index (χ3n) is 14.2. The number of pyridine rings is 1. The molecule has 374 valence electrons. The predicted molar refractivity (Wildman–Crippen MR) is 274 cm³/mol. The number of ether oxygens (including phenoxy) is 3. The molecule has 2 aliphatic heterocycles. The van der Waals surface area contributed by atoms with E-state index in [-0.39, 0.29) is 42.7 Å². The highest BCUT2D eigenvalue weighted by molar-refractivity contribution is 5.96. The topological polar surface area (TPSA) is 169 Å². The van der Waals surface area contributed by atoms with E-state index in [9.17, 15) is 19.2 Å². The molecule has 5 atom stereocenters. The Morgan fingerprint density at radius 3 is 2.56 bits per heavy atom. The molecule has 1 saturated carbocycles. The molecule has 4 heterocycles. The van der Waals surface area contributed by atoms with Gasteiger partial charge in [-0.15, -0.1) is 0 Å². The van der Waals surface area contributed by atoms with Gasteiger partial charge in [-0.05, 0) is 122 Å². The van der Waals surface area contributed by atoms with E-state index in [2.05, 4.69) is 87.4 Å². The van der Waals surface area contributed by atoms with Crippen molar-refractivity contribution in [2.24, 2.45) is 27.2 Å². The van der Waals surface area contributed by atoms with E-state index < -0.39 is 35.4 Å². The lowest BCUT2D eigenvalue weighted by atomic mass is 9.84. The summed E-state index contributed by atoms with van der Waals surface area (Å²) >= 11 is 0. The lowest BCUT2D eigenvalue weighted by molar-refractivity contribution is -0.155. The third kappa shape index (κ3) is 11.4. The monoisotopic (exact) mass is 965 g/mol. The molecule has 2 N–H and O–H groups in total. The van der Waals surface area contributed by atoms with E-state index in [1.165, 1.54) is 9.91 Å². The number of benzene rings is 3. The molecule has 1 saturated heterocycles. The van der Waals surface area contributed by atoms with Crippen molar-refractivity contribution in [1.82, 2.24) is 30.2 Å². The van der Waals surface area contributed by atoms with Crippen LogP contribution in [0, 0.1) is 17.3 Å². The molecule has 3 aromatic carbocycles. The second-order valence-electron chi connectivity index (χ2n) is 20.3. The largest absolute Gasteiger partial charge is 0.497 e. The number of carbonyl (C=O) groups is 4. The summed E-state index contributed by atoms with van der Waals surface area (Å²) in [6.07, 6.45) is 7.33. The first kappa shape index (κ1) is 50.7. The van der Waals surface area contributed by atoms with Crippen molar-refractivity contribution in [3.8, 4) is 28.1 Å². The molecule has 2 unspecified atom stereocenters. The minimum atomic E-state index is -1.03. The minimum absolute atomic E-state index is 0.129. The number of carbonyl (C=O) groups excluding carboxylic acids is 4.